The van der Waals surface area contributed by atoms with Crippen molar-refractivity contribution in [1.82, 2.24) is 15.5 Å². The zero-order chi connectivity index (χ0) is 18.1. The smallest absolute Gasteiger partial charge is 0.241 e. The molecular formula is C19H30N4O2. The van der Waals surface area contributed by atoms with Crippen LogP contribution in [0.25, 0.3) is 0 Å². The molecule has 6 nitrogen and oxygen atoms in total. The van der Waals surface area contributed by atoms with Crippen LogP contribution in [0.15, 0.2) is 29.3 Å². The van der Waals surface area contributed by atoms with Crippen molar-refractivity contribution in [1.29, 1.82) is 0 Å². The molecule has 0 spiro atoms. The summed E-state index contributed by atoms with van der Waals surface area (Å²) in [5.74, 6) is 1.57. The number of amides is 1. The molecule has 1 aliphatic carbocycles. The third-order valence-electron chi connectivity index (χ3n) is 4.43. The first-order chi connectivity index (χ1) is 12.1. The van der Waals surface area contributed by atoms with Crippen LogP contribution in [0.4, 0.5) is 0 Å². The Kier molecular flexibility index (Phi) is 7.57. The normalized spacial score (nSPS) is 15.6. The standard InChI is InChI=1S/C19H30N4O2/c1-23(2)18(24)14-21-19(22-16-7-5-4-6-8-16)20-13-15-9-11-17(25-3)12-10-15/h9-12,16H,4-8,13-14H2,1-3H3,(H2,20,21,22). The molecule has 1 aliphatic rings. The lowest BCUT2D eigenvalue weighted by Gasteiger charge is -2.25. The topological polar surface area (TPSA) is 66.0 Å². The van der Waals surface area contributed by atoms with Crippen LogP contribution in [0, 0.1) is 0 Å². The van der Waals surface area contributed by atoms with Crippen LogP contribution in [-0.2, 0) is 11.3 Å². The summed E-state index contributed by atoms with van der Waals surface area (Å²) in [5.41, 5.74) is 1.10. The number of hydrogen-bond acceptors (Lipinski definition) is 3. The minimum Gasteiger partial charge on any atom is -0.497 e. The van der Waals surface area contributed by atoms with Gasteiger partial charge in [0.05, 0.1) is 20.2 Å². The van der Waals surface area contributed by atoms with Gasteiger partial charge in [-0.15, -0.1) is 0 Å². The molecule has 1 amide bonds. The summed E-state index contributed by atoms with van der Waals surface area (Å²) in [6.07, 6.45) is 6.12. The second kappa shape index (κ2) is 9.91. The van der Waals surface area contributed by atoms with E-state index in [0.717, 1.165) is 24.2 Å². The molecule has 25 heavy (non-hydrogen) atoms. The monoisotopic (exact) mass is 346 g/mol. The van der Waals surface area contributed by atoms with E-state index >= 15 is 0 Å². The molecule has 138 valence electrons. The lowest BCUT2D eigenvalue weighted by Crippen LogP contribution is -2.47. The van der Waals surface area contributed by atoms with Crippen molar-refractivity contribution in [3.63, 3.8) is 0 Å². The van der Waals surface area contributed by atoms with Crippen molar-refractivity contribution >= 4 is 11.9 Å². The Balaban J connectivity index is 1.98. The van der Waals surface area contributed by atoms with Crippen LogP contribution in [0.5, 0.6) is 5.75 Å². The van der Waals surface area contributed by atoms with Crippen molar-refractivity contribution in [2.75, 3.05) is 27.7 Å². The van der Waals surface area contributed by atoms with E-state index < -0.39 is 0 Å². The predicted octanol–water partition coefficient (Wildman–Crippen LogP) is 2.15. The number of nitrogens with one attached hydrogen (secondary N) is 2. The maximum atomic E-state index is 11.9. The number of carbonyl (C=O) groups excluding carboxylic acids is 1. The van der Waals surface area contributed by atoms with Crippen LogP contribution in [0.2, 0.25) is 0 Å². The van der Waals surface area contributed by atoms with Crippen molar-refractivity contribution in [2.45, 2.75) is 44.7 Å². The van der Waals surface area contributed by atoms with Gasteiger partial charge in [-0.2, -0.15) is 0 Å². The number of carbonyl (C=O) groups is 1. The molecule has 1 aromatic carbocycles. The van der Waals surface area contributed by atoms with E-state index in [1.54, 1.807) is 26.1 Å². The maximum Gasteiger partial charge on any atom is 0.241 e. The summed E-state index contributed by atoms with van der Waals surface area (Å²) in [7, 11) is 5.17. The molecule has 2 rings (SSSR count). The average Bonchev–Trinajstić information content (AvgIpc) is 2.64. The van der Waals surface area contributed by atoms with E-state index in [-0.39, 0.29) is 12.5 Å². The molecule has 0 saturated heterocycles. The number of guanidine groups is 1. The van der Waals surface area contributed by atoms with Crippen molar-refractivity contribution in [2.24, 2.45) is 4.99 Å². The first-order valence-electron chi connectivity index (χ1n) is 8.96. The third-order valence-corrected chi connectivity index (χ3v) is 4.43. The minimum absolute atomic E-state index is 0.0302. The van der Waals surface area contributed by atoms with Crippen LogP contribution in [0.1, 0.15) is 37.7 Å². The predicted molar refractivity (Wildman–Crippen MR) is 101 cm³/mol. The molecule has 0 unspecified atom stereocenters. The number of aliphatic imine (C=N–C) groups is 1. The average molecular weight is 346 g/mol. The number of likely N-dealkylation sites (N-methyl/N-ethyl adjacent to an activating group) is 1. The molecule has 0 atom stereocenters. The molecular weight excluding hydrogens is 316 g/mol. The van der Waals surface area contributed by atoms with Gasteiger partial charge in [-0.1, -0.05) is 31.4 Å². The van der Waals surface area contributed by atoms with Crippen molar-refractivity contribution < 1.29 is 9.53 Å². The van der Waals surface area contributed by atoms with Crippen molar-refractivity contribution in [3.05, 3.63) is 29.8 Å². The number of nitrogens with zero attached hydrogens (tertiary/aromatic N) is 2. The van der Waals surface area contributed by atoms with Gasteiger partial charge in [0.25, 0.3) is 0 Å². The Morgan fingerprint density at radius 3 is 2.48 bits per heavy atom. The van der Waals surface area contributed by atoms with Gasteiger partial charge in [0, 0.05) is 20.1 Å². The van der Waals surface area contributed by atoms with Crippen molar-refractivity contribution in [3.8, 4) is 5.75 Å². The maximum absolute atomic E-state index is 11.9. The van der Waals surface area contributed by atoms with E-state index in [1.807, 2.05) is 24.3 Å². The van der Waals surface area contributed by atoms with Gasteiger partial charge in [0.2, 0.25) is 5.91 Å². The minimum atomic E-state index is 0.0302. The van der Waals surface area contributed by atoms with Gasteiger partial charge in [0.15, 0.2) is 5.96 Å². The van der Waals surface area contributed by atoms with Crippen LogP contribution < -0.4 is 15.4 Å². The van der Waals surface area contributed by atoms with Gasteiger partial charge in [-0.3, -0.25) is 4.79 Å². The molecule has 0 aromatic heterocycles. The Hall–Kier alpha value is -2.24. The Morgan fingerprint density at radius 1 is 1.20 bits per heavy atom. The summed E-state index contributed by atoms with van der Waals surface area (Å²) < 4.78 is 5.18. The van der Waals surface area contributed by atoms with Gasteiger partial charge < -0.3 is 20.3 Å². The number of ether oxygens (including phenoxy) is 1. The highest BCUT2D eigenvalue weighted by Crippen LogP contribution is 2.17. The van der Waals surface area contributed by atoms with E-state index in [9.17, 15) is 4.79 Å². The second-order valence-electron chi connectivity index (χ2n) is 6.63. The molecule has 0 bridgehead atoms. The Bertz CT molecular complexity index is 563. The number of benzene rings is 1. The molecule has 1 fully saturated rings. The highest BCUT2D eigenvalue weighted by atomic mass is 16.5. The molecule has 6 heteroatoms. The summed E-state index contributed by atoms with van der Waals surface area (Å²) in [5, 5.41) is 6.65. The highest BCUT2D eigenvalue weighted by molar-refractivity contribution is 5.86. The number of hydrogen-bond donors (Lipinski definition) is 2. The molecule has 2 N–H and O–H groups in total. The first-order valence-corrected chi connectivity index (χ1v) is 8.96. The largest absolute Gasteiger partial charge is 0.497 e. The zero-order valence-electron chi connectivity index (χ0n) is 15.5. The van der Waals surface area contributed by atoms with Gasteiger partial charge >= 0.3 is 0 Å². The fraction of sp³-hybridized carbons (Fsp3) is 0.579. The molecule has 0 heterocycles. The van der Waals surface area contributed by atoms with E-state index in [2.05, 4.69) is 15.6 Å². The molecule has 0 radical (unpaired) electrons. The fourth-order valence-electron chi connectivity index (χ4n) is 2.81. The summed E-state index contributed by atoms with van der Waals surface area (Å²) in [4.78, 5) is 18.1. The molecule has 0 aliphatic heterocycles. The summed E-state index contributed by atoms with van der Waals surface area (Å²) in [6.45, 7) is 0.802. The lowest BCUT2D eigenvalue weighted by atomic mass is 9.96. The SMILES string of the molecule is COc1ccc(CN=C(NCC(=O)N(C)C)NC2CCCCC2)cc1. The fourth-order valence-corrected chi connectivity index (χ4v) is 2.81. The van der Waals surface area contributed by atoms with E-state index in [0.29, 0.717) is 18.5 Å². The van der Waals surface area contributed by atoms with E-state index in [4.69, 9.17) is 4.74 Å². The van der Waals surface area contributed by atoms with Crippen LogP contribution >= 0.6 is 0 Å². The quantitative estimate of drug-likeness (QED) is 0.612. The van der Waals surface area contributed by atoms with Gasteiger partial charge in [-0.05, 0) is 30.5 Å². The highest BCUT2D eigenvalue weighted by Gasteiger charge is 2.15. The third kappa shape index (κ3) is 6.64. The van der Waals surface area contributed by atoms with E-state index in [1.165, 1.54) is 19.3 Å². The van der Waals surface area contributed by atoms with Crippen LogP contribution in [-0.4, -0.2) is 50.6 Å². The number of rotatable bonds is 6. The van der Waals surface area contributed by atoms with Gasteiger partial charge in [0.1, 0.15) is 5.75 Å². The molecule has 1 saturated carbocycles. The van der Waals surface area contributed by atoms with Gasteiger partial charge in [-0.25, -0.2) is 4.99 Å². The molecule has 1 aromatic rings. The summed E-state index contributed by atoms with van der Waals surface area (Å²) >= 11 is 0. The zero-order valence-corrected chi connectivity index (χ0v) is 15.5. The summed E-state index contributed by atoms with van der Waals surface area (Å²) in [6, 6.07) is 8.31. The second-order valence-corrected chi connectivity index (χ2v) is 6.63. The Labute approximate surface area is 150 Å². The van der Waals surface area contributed by atoms with Crippen LogP contribution in [0.3, 0.4) is 0 Å². The first kappa shape index (κ1) is 19.1. The number of methoxy groups -OCH3 is 1. The lowest BCUT2D eigenvalue weighted by molar-refractivity contribution is -0.127. The Morgan fingerprint density at radius 2 is 1.88 bits per heavy atom.